The van der Waals surface area contributed by atoms with Crippen LogP contribution in [-0.4, -0.2) is 37.4 Å². The Morgan fingerprint density at radius 1 is 1.19 bits per heavy atom. The minimum absolute atomic E-state index is 0.0136. The van der Waals surface area contributed by atoms with E-state index in [-0.39, 0.29) is 48.1 Å². The van der Waals surface area contributed by atoms with Crippen LogP contribution in [0.4, 0.5) is 8.78 Å². The van der Waals surface area contributed by atoms with Gasteiger partial charge in [-0.3, -0.25) is 4.79 Å². The van der Waals surface area contributed by atoms with E-state index in [9.17, 15) is 9.90 Å². The maximum Gasteiger partial charge on any atom is 0.254 e. The lowest BCUT2D eigenvalue weighted by Gasteiger charge is -2.59. The van der Waals surface area contributed by atoms with E-state index in [1.165, 1.54) is 10.9 Å². The molecule has 4 aliphatic rings. The summed E-state index contributed by atoms with van der Waals surface area (Å²) in [7, 11) is 0. The van der Waals surface area contributed by atoms with Gasteiger partial charge in [-0.05, 0) is 81.5 Å². The van der Waals surface area contributed by atoms with Crippen LogP contribution in [-0.2, 0) is 11.3 Å². The second-order valence-electron chi connectivity index (χ2n) is 11.4. The van der Waals surface area contributed by atoms with Crippen LogP contribution < -0.4 is 0 Å². The van der Waals surface area contributed by atoms with Crippen LogP contribution in [0, 0.1) is 52.3 Å². The third-order valence-electron chi connectivity index (χ3n) is 9.71. The van der Waals surface area contributed by atoms with Gasteiger partial charge in [0.2, 0.25) is 0 Å². The average Bonchev–Trinajstić information content (AvgIpc) is 3.32. The molecule has 0 radical (unpaired) electrons. The first-order valence-corrected chi connectivity index (χ1v) is 12.0. The molecule has 8 atom stereocenters. The molecule has 0 saturated heterocycles. The molecule has 5 rings (SSSR count). The molecule has 32 heavy (non-hydrogen) atoms. The van der Waals surface area contributed by atoms with E-state index in [4.69, 9.17) is 5.26 Å². The van der Waals surface area contributed by atoms with Gasteiger partial charge in [0.05, 0.1) is 11.8 Å². The average molecular weight is 447 g/mol. The van der Waals surface area contributed by atoms with E-state index < -0.39 is 22.9 Å². The van der Waals surface area contributed by atoms with Crippen molar-refractivity contribution in [3.63, 3.8) is 0 Å². The monoisotopic (exact) mass is 446 g/mol. The maximum atomic E-state index is 16.0. The number of aliphatic hydroxyl groups is 1. The first kappa shape index (κ1) is 21.9. The van der Waals surface area contributed by atoms with Crippen molar-refractivity contribution >= 4 is 5.78 Å². The second-order valence-corrected chi connectivity index (χ2v) is 11.4. The van der Waals surface area contributed by atoms with Crippen LogP contribution in [0.3, 0.4) is 0 Å². The minimum atomic E-state index is -2.91. The third kappa shape index (κ3) is 3.22. The van der Waals surface area contributed by atoms with Crippen LogP contribution in [0.25, 0.3) is 0 Å². The summed E-state index contributed by atoms with van der Waals surface area (Å²) in [6.07, 6.45) is 6.56. The van der Waals surface area contributed by atoms with Gasteiger partial charge < -0.3 is 5.11 Å². The van der Waals surface area contributed by atoms with Crippen molar-refractivity contribution < 1.29 is 18.7 Å². The first-order chi connectivity index (χ1) is 15.1. The van der Waals surface area contributed by atoms with Gasteiger partial charge in [0.1, 0.15) is 12.6 Å². The summed E-state index contributed by atoms with van der Waals surface area (Å²) in [5, 5.41) is 26.9. The van der Waals surface area contributed by atoms with E-state index in [2.05, 4.69) is 10.3 Å². The Kier molecular flexibility index (Phi) is 5.01. The van der Waals surface area contributed by atoms with E-state index in [1.54, 1.807) is 6.92 Å². The summed E-state index contributed by atoms with van der Waals surface area (Å²) in [6.45, 7) is 3.42. The molecule has 1 N–H and O–H groups in total. The molecule has 0 spiro atoms. The van der Waals surface area contributed by atoms with Crippen LogP contribution in [0.15, 0.2) is 6.20 Å². The Morgan fingerprint density at radius 3 is 2.69 bits per heavy atom. The zero-order valence-electron chi connectivity index (χ0n) is 18.8. The molecule has 0 amide bonds. The van der Waals surface area contributed by atoms with Crippen molar-refractivity contribution in [2.24, 2.45) is 40.9 Å². The van der Waals surface area contributed by atoms with Crippen LogP contribution in [0.5, 0.6) is 0 Å². The van der Waals surface area contributed by atoms with Gasteiger partial charge in [0.25, 0.3) is 5.92 Å². The smallest absolute Gasteiger partial charge is 0.254 e. The predicted octanol–water partition coefficient (Wildman–Crippen LogP) is 3.98. The Balaban J connectivity index is 1.39. The quantitative estimate of drug-likeness (QED) is 0.758. The zero-order valence-corrected chi connectivity index (χ0v) is 18.8. The number of alkyl halides is 2. The summed E-state index contributed by atoms with van der Waals surface area (Å²) in [4.78, 5) is 13.2. The van der Waals surface area contributed by atoms with Gasteiger partial charge in [0.15, 0.2) is 11.5 Å². The van der Waals surface area contributed by atoms with Crippen molar-refractivity contribution in [2.45, 2.75) is 83.3 Å². The van der Waals surface area contributed by atoms with Crippen molar-refractivity contribution in [3.05, 3.63) is 11.9 Å². The van der Waals surface area contributed by atoms with E-state index >= 15 is 8.78 Å². The number of fused-ring (bicyclic) bond motifs is 5. The lowest BCUT2D eigenvalue weighted by atomic mass is 9.47. The van der Waals surface area contributed by atoms with Gasteiger partial charge in [-0.1, -0.05) is 12.1 Å². The minimum Gasteiger partial charge on any atom is -0.390 e. The summed E-state index contributed by atoms with van der Waals surface area (Å²) < 4.78 is 33.2. The Labute approximate surface area is 187 Å². The molecule has 0 aliphatic heterocycles. The molecule has 8 heteroatoms. The largest absolute Gasteiger partial charge is 0.390 e. The van der Waals surface area contributed by atoms with Gasteiger partial charge in [0, 0.05) is 17.8 Å². The highest BCUT2D eigenvalue weighted by Crippen LogP contribution is 2.69. The Bertz CT molecular complexity index is 954. The number of carbonyl (C=O) groups is 1. The predicted molar refractivity (Wildman–Crippen MR) is 111 cm³/mol. The van der Waals surface area contributed by atoms with E-state index in [0.717, 1.165) is 25.7 Å². The van der Waals surface area contributed by atoms with Crippen molar-refractivity contribution in [3.8, 4) is 6.07 Å². The fourth-order valence-corrected chi connectivity index (χ4v) is 8.25. The number of nitrogens with zero attached hydrogens (tertiary/aromatic N) is 4. The molecule has 4 fully saturated rings. The lowest BCUT2D eigenvalue weighted by Crippen LogP contribution is -2.59. The van der Waals surface area contributed by atoms with Crippen LogP contribution >= 0.6 is 0 Å². The molecular formula is C24H32F2N4O2. The Hall–Kier alpha value is -1.88. The number of ketones is 1. The number of aromatic nitrogens is 3. The number of Topliss-reactive ketones (excluding diaryl/α,β-unsaturated/α-hetero) is 1. The summed E-state index contributed by atoms with van der Waals surface area (Å²) in [5.41, 5.74) is -1.89. The molecule has 0 unspecified atom stereocenters. The maximum absolute atomic E-state index is 16.0. The van der Waals surface area contributed by atoms with Crippen molar-refractivity contribution in [2.75, 3.05) is 0 Å². The molecule has 1 heterocycles. The lowest BCUT2D eigenvalue weighted by molar-refractivity contribution is -0.228. The fourth-order valence-electron chi connectivity index (χ4n) is 8.25. The van der Waals surface area contributed by atoms with Gasteiger partial charge >= 0.3 is 0 Å². The number of carbonyl (C=O) groups excluding carboxylic acids is 1. The number of hydrogen-bond donors (Lipinski definition) is 1. The molecule has 1 aromatic heterocycles. The highest BCUT2D eigenvalue weighted by atomic mass is 19.3. The Morgan fingerprint density at radius 2 is 1.97 bits per heavy atom. The third-order valence-corrected chi connectivity index (χ3v) is 9.71. The summed E-state index contributed by atoms with van der Waals surface area (Å²) in [5.74, 6) is -3.18. The van der Waals surface area contributed by atoms with E-state index in [1.807, 2.05) is 13.0 Å². The number of rotatable bonds is 3. The van der Waals surface area contributed by atoms with Crippen LogP contribution in [0.2, 0.25) is 0 Å². The molecule has 1 aromatic rings. The van der Waals surface area contributed by atoms with Gasteiger partial charge in [-0.25, -0.2) is 13.5 Å². The highest BCUT2D eigenvalue weighted by Gasteiger charge is 2.70. The van der Waals surface area contributed by atoms with Crippen molar-refractivity contribution in [1.82, 2.24) is 15.0 Å². The number of hydrogen-bond acceptors (Lipinski definition) is 5. The van der Waals surface area contributed by atoms with Crippen molar-refractivity contribution in [1.29, 1.82) is 5.26 Å². The molecule has 4 aliphatic carbocycles. The molecule has 0 bridgehead atoms. The van der Waals surface area contributed by atoms with Gasteiger partial charge in [-0.15, -0.1) is 5.10 Å². The molecule has 0 aromatic carbocycles. The topological polar surface area (TPSA) is 91.8 Å². The fraction of sp³-hybridized carbons (Fsp3) is 0.833. The summed E-state index contributed by atoms with van der Waals surface area (Å²) >= 11 is 0. The number of halogens is 2. The number of nitriles is 1. The molecule has 4 saturated carbocycles. The van der Waals surface area contributed by atoms with Gasteiger partial charge in [-0.2, -0.15) is 5.26 Å². The van der Waals surface area contributed by atoms with E-state index in [0.29, 0.717) is 25.2 Å². The first-order valence-electron chi connectivity index (χ1n) is 12.0. The van der Waals surface area contributed by atoms with Crippen LogP contribution in [0.1, 0.15) is 70.9 Å². The normalized spacial score (nSPS) is 44.8. The standard InChI is InChI=1S/C24H32F2N4O2/c1-22(32)8-7-16-14(9-22)3-4-17-18(16)10-24(25,26)23(2)19(17)5-6-20(23)21(31)13-30-12-15(11-27)28-29-30/h12,14,16-20,32H,3-10,13H2,1-2H3/t14-,16+,17-,18-,19+,20-,22-,23+/m1/s1. The highest BCUT2D eigenvalue weighted by molar-refractivity contribution is 5.82. The SMILES string of the molecule is C[C@@]1(O)CC[C@H]2[C@H](CC[C@@H]3[C@@H]2CC(F)(F)[C@]2(C)[C@@H](C(=O)Cn4cc(C#N)nn4)CC[C@@H]32)C1. The second kappa shape index (κ2) is 7.31. The molecular weight excluding hydrogens is 414 g/mol. The molecule has 174 valence electrons. The molecule has 6 nitrogen and oxygen atoms in total. The summed E-state index contributed by atoms with van der Waals surface area (Å²) in [6, 6.07) is 1.87. The zero-order chi connectivity index (χ0) is 22.9.